The predicted molar refractivity (Wildman–Crippen MR) is 114 cm³/mol. The zero-order chi connectivity index (χ0) is 22.3. The summed E-state index contributed by atoms with van der Waals surface area (Å²) in [6, 6.07) is 3.63. The van der Waals surface area contributed by atoms with Crippen LogP contribution in [0.5, 0.6) is 11.5 Å². The van der Waals surface area contributed by atoms with E-state index in [1.54, 1.807) is 6.07 Å². The molecule has 3 unspecified atom stereocenters. The highest BCUT2D eigenvalue weighted by Gasteiger charge is 2.56. The van der Waals surface area contributed by atoms with Gasteiger partial charge in [-0.1, -0.05) is 6.92 Å². The molecule has 5 atom stereocenters. The van der Waals surface area contributed by atoms with Crippen LogP contribution in [0.3, 0.4) is 0 Å². The van der Waals surface area contributed by atoms with Gasteiger partial charge in [0.2, 0.25) is 0 Å². The second-order valence-electron chi connectivity index (χ2n) is 9.47. The summed E-state index contributed by atoms with van der Waals surface area (Å²) < 4.78 is 16.9. The number of hydrogen-bond donors (Lipinski definition) is 0. The van der Waals surface area contributed by atoms with Crippen LogP contribution in [-0.4, -0.2) is 30.4 Å². The van der Waals surface area contributed by atoms with Gasteiger partial charge < -0.3 is 14.2 Å². The van der Waals surface area contributed by atoms with Crippen LogP contribution in [0.2, 0.25) is 0 Å². The summed E-state index contributed by atoms with van der Waals surface area (Å²) in [5.41, 5.74) is 1.64. The minimum Gasteiger partial charge on any atom is -0.490 e. The molecule has 0 heterocycles. The molecule has 6 heteroatoms. The summed E-state index contributed by atoms with van der Waals surface area (Å²) in [4.78, 5) is 36.3. The van der Waals surface area contributed by atoms with E-state index in [1.807, 2.05) is 13.0 Å². The molecule has 6 nitrogen and oxygen atoms in total. The number of ketones is 1. The Labute approximate surface area is 183 Å². The highest BCUT2D eigenvalue weighted by atomic mass is 16.6. The zero-order valence-electron chi connectivity index (χ0n) is 18.9. The van der Waals surface area contributed by atoms with Gasteiger partial charge in [-0.25, -0.2) is 0 Å². The first-order valence-corrected chi connectivity index (χ1v) is 11.4. The molecule has 1 aromatic rings. The van der Waals surface area contributed by atoms with E-state index in [0.29, 0.717) is 41.9 Å². The lowest BCUT2D eigenvalue weighted by Crippen LogP contribution is -2.43. The van der Waals surface area contributed by atoms with E-state index < -0.39 is 5.97 Å². The van der Waals surface area contributed by atoms with E-state index in [4.69, 9.17) is 14.2 Å². The molecule has 168 valence electrons. The molecule has 2 fully saturated rings. The van der Waals surface area contributed by atoms with Crippen molar-refractivity contribution in [1.29, 1.82) is 0 Å². The fraction of sp³-hybridized carbons (Fsp3) is 0.640. The number of esters is 2. The van der Waals surface area contributed by atoms with Crippen LogP contribution in [0.4, 0.5) is 0 Å². The minimum atomic E-state index is -0.434. The van der Waals surface area contributed by atoms with E-state index in [1.165, 1.54) is 13.8 Å². The van der Waals surface area contributed by atoms with Gasteiger partial charge in [-0.3, -0.25) is 14.4 Å². The van der Waals surface area contributed by atoms with Crippen LogP contribution in [0.1, 0.15) is 88.1 Å². The first-order chi connectivity index (χ1) is 14.7. The first-order valence-electron chi connectivity index (χ1n) is 11.4. The fourth-order valence-corrected chi connectivity index (χ4v) is 6.48. The topological polar surface area (TPSA) is 78.9 Å². The maximum atomic E-state index is 13.1. The largest absolute Gasteiger partial charge is 0.490 e. The van der Waals surface area contributed by atoms with E-state index in [0.717, 1.165) is 37.7 Å². The molecular formula is C25H32O6. The Morgan fingerprint density at radius 3 is 2.52 bits per heavy atom. The number of carbonyl (C=O) groups excluding carboxylic acids is 3. The molecule has 3 aliphatic carbocycles. The zero-order valence-corrected chi connectivity index (χ0v) is 18.9. The van der Waals surface area contributed by atoms with Gasteiger partial charge in [-0.05, 0) is 74.5 Å². The Morgan fingerprint density at radius 1 is 1.06 bits per heavy atom. The smallest absolute Gasteiger partial charge is 0.308 e. The van der Waals surface area contributed by atoms with Crippen molar-refractivity contribution in [2.45, 2.75) is 78.2 Å². The molecule has 0 bridgehead atoms. The van der Waals surface area contributed by atoms with E-state index in [-0.39, 0.29) is 29.2 Å². The number of carbonyl (C=O) groups is 3. The third kappa shape index (κ3) is 3.85. The summed E-state index contributed by atoms with van der Waals surface area (Å²) in [6.07, 6.45) is 5.07. The highest BCUT2D eigenvalue weighted by Crippen LogP contribution is 2.61. The number of ether oxygens (including phenoxy) is 3. The van der Waals surface area contributed by atoms with Crippen molar-refractivity contribution in [3.8, 4) is 11.5 Å². The summed E-state index contributed by atoms with van der Waals surface area (Å²) in [6.45, 7) is 7.42. The van der Waals surface area contributed by atoms with Crippen molar-refractivity contribution >= 4 is 17.7 Å². The SMILES string of the molecule is CCOc1cc2c(cc1OC(C)=O)C(=O)CCC1C2CC[C@@]2(C)C1CC[C@@H]2OC(C)=O. The van der Waals surface area contributed by atoms with Gasteiger partial charge in [-0.2, -0.15) is 0 Å². The number of Topliss-reactive ketones (excluding diaryl/α,β-unsaturated/α-hetero) is 1. The quantitative estimate of drug-likeness (QED) is 0.505. The van der Waals surface area contributed by atoms with Crippen molar-refractivity contribution in [3.63, 3.8) is 0 Å². The van der Waals surface area contributed by atoms with Gasteiger partial charge >= 0.3 is 11.9 Å². The van der Waals surface area contributed by atoms with Gasteiger partial charge in [0.1, 0.15) is 6.10 Å². The lowest BCUT2D eigenvalue weighted by molar-refractivity contribution is -0.154. The normalized spacial score (nSPS) is 31.7. The van der Waals surface area contributed by atoms with Crippen molar-refractivity contribution < 1.29 is 28.6 Å². The van der Waals surface area contributed by atoms with Crippen molar-refractivity contribution in [1.82, 2.24) is 0 Å². The predicted octanol–water partition coefficient (Wildman–Crippen LogP) is 4.83. The maximum Gasteiger partial charge on any atom is 0.308 e. The van der Waals surface area contributed by atoms with Gasteiger partial charge in [0, 0.05) is 31.2 Å². The fourth-order valence-electron chi connectivity index (χ4n) is 6.48. The maximum absolute atomic E-state index is 13.1. The number of hydrogen-bond acceptors (Lipinski definition) is 6. The molecule has 0 amide bonds. The molecule has 2 saturated carbocycles. The first kappa shape index (κ1) is 21.8. The van der Waals surface area contributed by atoms with Crippen LogP contribution in [0.25, 0.3) is 0 Å². The van der Waals surface area contributed by atoms with Gasteiger partial charge in [0.15, 0.2) is 17.3 Å². The second-order valence-corrected chi connectivity index (χ2v) is 9.47. The Morgan fingerprint density at radius 2 is 1.84 bits per heavy atom. The molecule has 0 spiro atoms. The monoisotopic (exact) mass is 428 g/mol. The third-order valence-corrected chi connectivity index (χ3v) is 7.73. The summed E-state index contributed by atoms with van der Waals surface area (Å²) in [5.74, 6) is 1.30. The van der Waals surface area contributed by atoms with E-state index >= 15 is 0 Å². The molecule has 0 N–H and O–H groups in total. The van der Waals surface area contributed by atoms with Crippen molar-refractivity contribution in [2.75, 3.05) is 6.61 Å². The second kappa shape index (κ2) is 8.29. The van der Waals surface area contributed by atoms with Crippen LogP contribution >= 0.6 is 0 Å². The third-order valence-electron chi connectivity index (χ3n) is 7.73. The Bertz CT molecular complexity index is 906. The standard InChI is InChI=1S/C25H32O6/c1-5-29-22-12-18-16-10-11-25(4)20(7-9-24(25)31-15(3)27)17(16)6-8-21(28)19(18)13-23(22)30-14(2)26/h12-13,16-17,20,24H,5-11H2,1-4H3/t16?,17?,20?,24-,25-/m0/s1. The van der Waals surface area contributed by atoms with E-state index in [2.05, 4.69) is 6.92 Å². The van der Waals surface area contributed by atoms with Gasteiger partial charge in [0.05, 0.1) is 6.61 Å². The Hall–Kier alpha value is -2.37. The molecule has 0 radical (unpaired) electrons. The average Bonchev–Trinajstić information content (AvgIpc) is 2.95. The van der Waals surface area contributed by atoms with Gasteiger partial charge in [-0.15, -0.1) is 0 Å². The minimum absolute atomic E-state index is 0.0409. The van der Waals surface area contributed by atoms with Crippen molar-refractivity contribution in [2.24, 2.45) is 17.3 Å². The van der Waals surface area contributed by atoms with Crippen LogP contribution < -0.4 is 9.47 Å². The lowest BCUT2D eigenvalue weighted by Gasteiger charge is -2.48. The number of benzene rings is 1. The molecular weight excluding hydrogens is 396 g/mol. The number of rotatable bonds is 4. The highest BCUT2D eigenvalue weighted by molar-refractivity contribution is 5.99. The van der Waals surface area contributed by atoms with Crippen LogP contribution in [0, 0.1) is 17.3 Å². The average molecular weight is 429 g/mol. The van der Waals surface area contributed by atoms with E-state index in [9.17, 15) is 14.4 Å². The summed E-state index contributed by atoms with van der Waals surface area (Å²) >= 11 is 0. The lowest BCUT2D eigenvalue weighted by atomic mass is 9.58. The molecule has 31 heavy (non-hydrogen) atoms. The molecule has 0 saturated heterocycles. The Balaban J connectivity index is 1.73. The van der Waals surface area contributed by atoms with Crippen LogP contribution in [0.15, 0.2) is 12.1 Å². The molecule has 1 aromatic carbocycles. The Kier molecular flexibility index (Phi) is 5.84. The summed E-state index contributed by atoms with van der Waals surface area (Å²) in [5, 5.41) is 0. The number of fused-ring (bicyclic) bond motifs is 5. The molecule has 0 aliphatic heterocycles. The van der Waals surface area contributed by atoms with Crippen molar-refractivity contribution in [3.05, 3.63) is 23.3 Å². The summed E-state index contributed by atoms with van der Waals surface area (Å²) in [7, 11) is 0. The van der Waals surface area contributed by atoms with Crippen LogP contribution in [-0.2, 0) is 14.3 Å². The molecule has 4 rings (SSSR count). The molecule has 0 aromatic heterocycles. The molecule has 3 aliphatic rings. The van der Waals surface area contributed by atoms with Gasteiger partial charge in [0.25, 0.3) is 0 Å².